The largest absolute Gasteiger partial charge is 0.326 e. The molecule has 0 bridgehead atoms. The highest BCUT2D eigenvalue weighted by molar-refractivity contribution is 5.86. The second kappa shape index (κ2) is 5.83. The molecular formula is C16H21N. The van der Waals surface area contributed by atoms with Gasteiger partial charge in [-0.25, -0.2) is 0 Å². The first kappa shape index (κ1) is 12.1. The minimum atomic E-state index is 0.642. The van der Waals surface area contributed by atoms with Gasteiger partial charge in [0.05, 0.1) is 0 Å². The van der Waals surface area contributed by atoms with Gasteiger partial charge in [0.1, 0.15) is 0 Å². The highest BCUT2D eigenvalue weighted by atomic mass is 14.5. The van der Waals surface area contributed by atoms with Crippen molar-refractivity contribution in [3.05, 3.63) is 47.5 Å². The Balaban J connectivity index is 2.35. The lowest BCUT2D eigenvalue weighted by Gasteiger charge is -2.11. The van der Waals surface area contributed by atoms with Crippen molar-refractivity contribution in [1.82, 2.24) is 0 Å². The van der Waals surface area contributed by atoms with Gasteiger partial charge in [-0.15, -0.1) is 0 Å². The van der Waals surface area contributed by atoms with Gasteiger partial charge in [-0.05, 0) is 34.7 Å². The van der Waals surface area contributed by atoms with Crippen molar-refractivity contribution in [1.29, 1.82) is 0 Å². The molecule has 0 aliphatic rings. The molecule has 1 heteroatoms. The Labute approximate surface area is 104 Å². The molecule has 0 atom stereocenters. The number of hydrogen-bond donors (Lipinski definition) is 1. The Bertz CT molecular complexity index is 488. The number of nitrogens with two attached hydrogens (primary N) is 1. The summed E-state index contributed by atoms with van der Waals surface area (Å²) in [5, 5.41) is 2.62. The summed E-state index contributed by atoms with van der Waals surface area (Å²) < 4.78 is 0. The van der Waals surface area contributed by atoms with Crippen LogP contribution in [0.3, 0.4) is 0 Å². The van der Waals surface area contributed by atoms with Crippen molar-refractivity contribution in [3.8, 4) is 0 Å². The molecule has 2 N–H and O–H groups in total. The van der Waals surface area contributed by atoms with Crippen LogP contribution < -0.4 is 5.73 Å². The van der Waals surface area contributed by atoms with E-state index >= 15 is 0 Å². The summed E-state index contributed by atoms with van der Waals surface area (Å²) in [6.07, 6.45) is 5.00. The summed E-state index contributed by atoms with van der Waals surface area (Å²) in [5.41, 5.74) is 8.68. The van der Waals surface area contributed by atoms with E-state index in [4.69, 9.17) is 5.73 Å². The Morgan fingerprint density at radius 2 is 1.82 bits per heavy atom. The lowest BCUT2D eigenvalue weighted by atomic mass is 9.95. The van der Waals surface area contributed by atoms with Crippen molar-refractivity contribution in [2.24, 2.45) is 5.73 Å². The molecule has 0 aromatic heterocycles. The van der Waals surface area contributed by atoms with Crippen molar-refractivity contribution < 1.29 is 0 Å². The van der Waals surface area contributed by atoms with Gasteiger partial charge in [-0.2, -0.15) is 0 Å². The first-order chi connectivity index (χ1) is 8.36. The van der Waals surface area contributed by atoms with E-state index in [-0.39, 0.29) is 0 Å². The number of unbranched alkanes of at least 4 members (excludes halogenated alkanes) is 2. The molecule has 0 amide bonds. The summed E-state index contributed by atoms with van der Waals surface area (Å²) in [6.45, 7) is 2.88. The molecule has 0 aliphatic carbocycles. The summed E-state index contributed by atoms with van der Waals surface area (Å²) in [4.78, 5) is 0. The predicted molar refractivity (Wildman–Crippen MR) is 75.1 cm³/mol. The number of hydrogen-bond acceptors (Lipinski definition) is 1. The second-order valence-corrected chi connectivity index (χ2v) is 4.59. The molecule has 0 unspecified atom stereocenters. The lowest BCUT2D eigenvalue weighted by Crippen LogP contribution is -2.03. The van der Waals surface area contributed by atoms with Gasteiger partial charge in [0.2, 0.25) is 0 Å². The smallest absolute Gasteiger partial charge is 0.0187 e. The van der Waals surface area contributed by atoms with E-state index in [1.807, 2.05) is 0 Å². The van der Waals surface area contributed by atoms with Crippen LogP contribution in [0.1, 0.15) is 37.3 Å². The Hall–Kier alpha value is -1.34. The molecule has 2 rings (SSSR count). The quantitative estimate of drug-likeness (QED) is 0.767. The lowest BCUT2D eigenvalue weighted by molar-refractivity contribution is 0.714. The molecule has 0 fully saturated rings. The third kappa shape index (κ3) is 2.67. The highest BCUT2D eigenvalue weighted by Crippen LogP contribution is 2.23. The first-order valence-electron chi connectivity index (χ1n) is 6.56. The molecule has 0 heterocycles. The second-order valence-electron chi connectivity index (χ2n) is 4.59. The molecule has 0 saturated carbocycles. The van der Waals surface area contributed by atoms with Gasteiger partial charge in [0.15, 0.2) is 0 Å². The van der Waals surface area contributed by atoms with Crippen LogP contribution in [0.5, 0.6) is 0 Å². The maximum Gasteiger partial charge on any atom is 0.0187 e. The van der Waals surface area contributed by atoms with Crippen LogP contribution >= 0.6 is 0 Å². The average Bonchev–Trinajstić information content (AvgIpc) is 2.38. The Morgan fingerprint density at radius 1 is 1.00 bits per heavy atom. The molecule has 17 heavy (non-hydrogen) atoms. The zero-order valence-corrected chi connectivity index (χ0v) is 10.6. The summed E-state index contributed by atoms with van der Waals surface area (Å²) >= 11 is 0. The van der Waals surface area contributed by atoms with Crippen molar-refractivity contribution >= 4 is 10.8 Å². The minimum absolute atomic E-state index is 0.642. The average molecular weight is 227 g/mol. The Kier molecular flexibility index (Phi) is 4.16. The monoisotopic (exact) mass is 227 g/mol. The molecule has 0 radical (unpaired) electrons. The van der Waals surface area contributed by atoms with Gasteiger partial charge in [-0.3, -0.25) is 0 Å². The van der Waals surface area contributed by atoms with Crippen LogP contribution in [0.2, 0.25) is 0 Å². The van der Waals surface area contributed by atoms with Gasteiger partial charge in [-0.1, -0.05) is 56.2 Å². The van der Waals surface area contributed by atoms with Gasteiger partial charge >= 0.3 is 0 Å². The van der Waals surface area contributed by atoms with E-state index < -0.39 is 0 Å². The third-order valence-electron chi connectivity index (χ3n) is 3.39. The molecule has 0 saturated heterocycles. The highest BCUT2D eigenvalue weighted by Gasteiger charge is 2.05. The van der Waals surface area contributed by atoms with Crippen molar-refractivity contribution in [2.75, 3.05) is 0 Å². The van der Waals surface area contributed by atoms with E-state index in [0.29, 0.717) is 6.54 Å². The van der Waals surface area contributed by atoms with Crippen molar-refractivity contribution in [3.63, 3.8) is 0 Å². The van der Waals surface area contributed by atoms with Crippen LogP contribution in [0.4, 0.5) is 0 Å². The predicted octanol–water partition coefficient (Wildman–Crippen LogP) is 4.03. The van der Waals surface area contributed by atoms with Crippen LogP contribution in [0, 0.1) is 0 Å². The third-order valence-corrected chi connectivity index (χ3v) is 3.39. The van der Waals surface area contributed by atoms with Crippen LogP contribution in [-0.2, 0) is 13.0 Å². The summed E-state index contributed by atoms with van der Waals surface area (Å²) in [6, 6.07) is 13.0. The molecular weight excluding hydrogens is 206 g/mol. The first-order valence-corrected chi connectivity index (χ1v) is 6.56. The molecule has 0 spiro atoms. The number of aryl methyl sites for hydroxylation is 1. The fraction of sp³-hybridized carbons (Fsp3) is 0.375. The topological polar surface area (TPSA) is 26.0 Å². The van der Waals surface area contributed by atoms with Crippen LogP contribution in [0.25, 0.3) is 10.8 Å². The minimum Gasteiger partial charge on any atom is -0.326 e. The molecule has 90 valence electrons. The summed E-state index contributed by atoms with van der Waals surface area (Å²) in [7, 11) is 0. The Morgan fingerprint density at radius 3 is 2.59 bits per heavy atom. The van der Waals surface area contributed by atoms with Crippen LogP contribution in [0.15, 0.2) is 36.4 Å². The van der Waals surface area contributed by atoms with Crippen LogP contribution in [-0.4, -0.2) is 0 Å². The number of rotatable bonds is 5. The number of fused-ring (bicyclic) bond motifs is 1. The van der Waals surface area contributed by atoms with E-state index in [9.17, 15) is 0 Å². The van der Waals surface area contributed by atoms with E-state index in [0.717, 1.165) is 6.42 Å². The van der Waals surface area contributed by atoms with Gasteiger partial charge < -0.3 is 5.73 Å². The molecule has 2 aromatic carbocycles. The van der Waals surface area contributed by atoms with Gasteiger partial charge in [0, 0.05) is 6.54 Å². The zero-order valence-electron chi connectivity index (χ0n) is 10.6. The zero-order chi connectivity index (χ0) is 12.1. The molecule has 2 aromatic rings. The van der Waals surface area contributed by atoms with E-state index in [2.05, 4.69) is 43.3 Å². The standard InChI is InChI=1S/C16H21N/c1-2-3-4-7-14-11-10-13-8-5-6-9-15(13)16(14)12-17/h5-6,8-11H,2-4,7,12,17H2,1H3. The fourth-order valence-electron chi connectivity index (χ4n) is 2.42. The summed E-state index contributed by atoms with van der Waals surface area (Å²) in [5.74, 6) is 0. The fourth-order valence-corrected chi connectivity index (χ4v) is 2.42. The normalized spacial score (nSPS) is 10.9. The van der Waals surface area contributed by atoms with Crippen molar-refractivity contribution in [2.45, 2.75) is 39.2 Å². The number of benzene rings is 2. The molecule has 1 nitrogen and oxygen atoms in total. The molecule has 0 aliphatic heterocycles. The SMILES string of the molecule is CCCCCc1ccc2ccccc2c1CN. The van der Waals surface area contributed by atoms with E-state index in [1.54, 1.807) is 0 Å². The van der Waals surface area contributed by atoms with E-state index in [1.165, 1.54) is 41.2 Å². The van der Waals surface area contributed by atoms with Gasteiger partial charge in [0.25, 0.3) is 0 Å². The maximum absolute atomic E-state index is 5.92. The maximum atomic E-state index is 5.92.